The molecule has 2 aromatic heterocycles. The van der Waals surface area contributed by atoms with Gasteiger partial charge in [-0.15, -0.1) is 0 Å². The van der Waals surface area contributed by atoms with E-state index in [1.165, 1.54) is 10.1 Å². The molecule has 8 nitrogen and oxygen atoms in total. The lowest BCUT2D eigenvalue weighted by molar-refractivity contribution is 0.0975. The Labute approximate surface area is 228 Å². The van der Waals surface area contributed by atoms with Gasteiger partial charge in [-0.05, 0) is 62.4 Å². The van der Waals surface area contributed by atoms with Gasteiger partial charge in [0.25, 0.3) is 0 Å². The summed E-state index contributed by atoms with van der Waals surface area (Å²) < 4.78 is 1.48. The first-order chi connectivity index (χ1) is 18.4. The maximum absolute atomic E-state index is 12.8. The van der Waals surface area contributed by atoms with E-state index in [1.807, 2.05) is 24.3 Å². The van der Waals surface area contributed by atoms with E-state index in [2.05, 4.69) is 69.6 Å². The number of hydrogen-bond donors (Lipinski definition) is 0. The van der Waals surface area contributed by atoms with Crippen LogP contribution in [0.15, 0.2) is 70.6 Å². The van der Waals surface area contributed by atoms with Crippen molar-refractivity contribution in [2.45, 2.75) is 44.8 Å². The summed E-state index contributed by atoms with van der Waals surface area (Å²) in [6.07, 6.45) is 9.40. The summed E-state index contributed by atoms with van der Waals surface area (Å²) in [6.45, 7) is 9.25. The molecule has 9 heteroatoms. The molecule has 196 valence electrons. The van der Waals surface area contributed by atoms with Gasteiger partial charge in [-0.25, -0.2) is 9.78 Å². The van der Waals surface area contributed by atoms with Crippen molar-refractivity contribution in [1.29, 1.82) is 5.26 Å². The van der Waals surface area contributed by atoms with E-state index in [0.29, 0.717) is 34.1 Å². The zero-order chi connectivity index (χ0) is 27.2. The van der Waals surface area contributed by atoms with Crippen LogP contribution in [0.25, 0.3) is 11.0 Å². The summed E-state index contributed by atoms with van der Waals surface area (Å²) in [5, 5.41) is 10.2. The highest BCUT2D eigenvalue weighted by Gasteiger charge is 2.36. The minimum atomic E-state index is -0.340. The number of aryl methyl sites for hydroxylation is 1. The number of benzene rings is 1. The first kappa shape index (κ1) is 27.2. The average Bonchev–Trinajstić information content (AvgIpc) is 2.93. The van der Waals surface area contributed by atoms with Crippen LogP contribution in [0, 0.1) is 11.3 Å². The Morgan fingerprint density at radius 2 is 1.97 bits per heavy atom. The monoisotopic (exact) mass is 529 g/mol. The van der Waals surface area contributed by atoms with Gasteiger partial charge in [-0.2, -0.15) is 10.2 Å². The highest BCUT2D eigenvalue weighted by Crippen LogP contribution is 2.34. The van der Waals surface area contributed by atoms with Crippen molar-refractivity contribution < 1.29 is 0 Å². The van der Waals surface area contributed by atoms with Crippen LogP contribution in [-0.4, -0.2) is 51.3 Å². The molecule has 4 rings (SSSR count). The minimum absolute atomic E-state index is 0.0526. The van der Waals surface area contributed by atoms with Crippen LogP contribution in [0.4, 0.5) is 5.82 Å². The van der Waals surface area contributed by atoms with Gasteiger partial charge < -0.3 is 4.90 Å². The van der Waals surface area contributed by atoms with E-state index in [9.17, 15) is 10.1 Å². The van der Waals surface area contributed by atoms with Crippen LogP contribution in [-0.2, 0) is 7.05 Å². The number of halogens is 1. The molecule has 0 spiro atoms. The molecule has 1 aromatic carbocycles. The largest absolute Gasteiger partial charge is 0.349 e. The number of aliphatic imine (C=N–C) groups is 1. The fraction of sp³-hybridized carbons (Fsp3) is 0.345. The van der Waals surface area contributed by atoms with Gasteiger partial charge in [0, 0.05) is 49.5 Å². The van der Waals surface area contributed by atoms with Gasteiger partial charge in [-0.3, -0.25) is 14.5 Å². The van der Waals surface area contributed by atoms with E-state index in [1.54, 1.807) is 25.4 Å². The number of anilines is 1. The Morgan fingerprint density at radius 1 is 1.21 bits per heavy atom. The second-order valence-electron chi connectivity index (χ2n) is 9.47. The standard InChI is InChI=1S/C29H32ClN7O/c1-5-24-19-36(28-27-26(35(4)29(38)34-28)15-14-23(17-31)33-27)20(2)18-37(24)25(9-7-6-8-16-32-3)21-10-12-22(30)13-11-21/h6-8,10-16,20,24-25H,3,5,9,18-19H2,1-2,4H3/b7-6-,16-8-. The van der Waals surface area contributed by atoms with E-state index in [-0.39, 0.29) is 23.8 Å². The molecule has 1 aliphatic heterocycles. The number of allylic oxidation sites excluding steroid dienone is 2. The molecular formula is C29H32ClN7O. The summed E-state index contributed by atoms with van der Waals surface area (Å²) in [5.41, 5.74) is 2.39. The van der Waals surface area contributed by atoms with Crippen molar-refractivity contribution in [3.8, 4) is 6.07 Å². The second kappa shape index (κ2) is 12.2. The number of piperazine rings is 1. The van der Waals surface area contributed by atoms with E-state index in [0.717, 1.165) is 19.4 Å². The van der Waals surface area contributed by atoms with Crippen LogP contribution in [0.5, 0.6) is 0 Å². The molecule has 0 aliphatic carbocycles. The van der Waals surface area contributed by atoms with Gasteiger partial charge in [-0.1, -0.05) is 42.8 Å². The number of rotatable bonds is 8. The molecule has 1 aliphatic rings. The molecule has 0 amide bonds. The first-order valence-corrected chi connectivity index (χ1v) is 13.1. The van der Waals surface area contributed by atoms with Gasteiger partial charge in [0.1, 0.15) is 17.3 Å². The normalized spacial score (nSPS) is 19.3. The Bertz CT molecular complexity index is 1450. The van der Waals surface area contributed by atoms with Crippen LogP contribution >= 0.6 is 11.6 Å². The molecule has 3 aromatic rings. The Kier molecular flexibility index (Phi) is 8.72. The lowest BCUT2D eigenvalue weighted by atomic mass is 9.95. The molecule has 1 saturated heterocycles. The molecule has 0 saturated carbocycles. The molecule has 3 atom stereocenters. The van der Waals surface area contributed by atoms with Gasteiger partial charge in [0.05, 0.1) is 5.52 Å². The Hall–Kier alpha value is -3.80. The van der Waals surface area contributed by atoms with Crippen molar-refractivity contribution >= 4 is 35.2 Å². The lowest BCUT2D eigenvalue weighted by Gasteiger charge is -2.49. The van der Waals surface area contributed by atoms with Gasteiger partial charge in [0.2, 0.25) is 0 Å². The number of nitriles is 1. The SMILES string of the molecule is C=N/C=C\C=C/CC(c1ccc(Cl)cc1)N1CC(C)N(c2nc(=O)n(C)c3ccc(C#N)nc23)CC1CC. The molecule has 3 unspecified atom stereocenters. The summed E-state index contributed by atoms with van der Waals surface area (Å²) in [5.74, 6) is 0.538. The van der Waals surface area contributed by atoms with Crippen LogP contribution in [0.3, 0.4) is 0 Å². The minimum Gasteiger partial charge on any atom is -0.349 e. The molecule has 3 heterocycles. The smallest absolute Gasteiger partial charge is 0.349 e. The van der Waals surface area contributed by atoms with Crippen molar-refractivity contribution in [1.82, 2.24) is 19.4 Å². The predicted octanol–water partition coefficient (Wildman–Crippen LogP) is 5.04. The quantitative estimate of drug-likeness (QED) is 0.300. The third-order valence-electron chi connectivity index (χ3n) is 7.13. The summed E-state index contributed by atoms with van der Waals surface area (Å²) in [4.78, 5) is 30.2. The molecule has 0 N–H and O–H groups in total. The summed E-state index contributed by atoms with van der Waals surface area (Å²) in [6, 6.07) is 14.0. The lowest BCUT2D eigenvalue weighted by Crippen LogP contribution is -2.58. The Balaban J connectivity index is 1.71. The summed E-state index contributed by atoms with van der Waals surface area (Å²) >= 11 is 6.20. The second-order valence-corrected chi connectivity index (χ2v) is 9.91. The van der Waals surface area contributed by atoms with E-state index >= 15 is 0 Å². The molecule has 0 bridgehead atoms. The molecule has 1 fully saturated rings. The van der Waals surface area contributed by atoms with Gasteiger partial charge in [0.15, 0.2) is 5.82 Å². The molecule has 38 heavy (non-hydrogen) atoms. The van der Waals surface area contributed by atoms with Crippen LogP contribution in [0.1, 0.15) is 44.0 Å². The zero-order valence-electron chi connectivity index (χ0n) is 22.0. The molecule has 0 radical (unpaired) electrons. The van der Waals surface area contributed by atoms with Crippen LogP contribution < -0.4 is 10.6 Å². The number of aromatic nitrogens is 3. The number of hydrogen-bond acceptors (Lipinski definition) is 7. The first-order valence-electron chi connectivity index (χ1n) is 12.7. The Morgan fingerprint density at radius 3 is 2.66 bits per heavy atom. The van der Waals surface area contributed by atoms with E-state index in [4.69, 9.17) is 11.6 Å². The van der Waals surface area contributed by atoms with Crippen molar-refractivity contribution in [3.05, 3.63) is 87.6 Å². The zero-order valence-corrected chi connectivity index (χ0v) is 22.7. The summed E-state index contributed by atoms with van der Waals surface area (Å²) in [7, 11) is 1.68. The maximum Gasteiger partial charge on any atom is 0.349 e. The van der Waals surface area contributed by atoms with Crippen molar-refractivity contribution in [3.63, 3.8) is 0 Å². The predicted molar refractivity (Wildman–Crippen MR) is 154 cm³/mol. The number of pyridine rings is 1. The number of fused-ring (bicyclic) bond motifs is 1. The maximum atomic E-state index is 12.8. The topological polar surface area (TPSA) is 90.4 Å². The number of nitrogens with zero attached hydrogens (tertiary/aromatic N) is 7. The van der Waals surface area contributed by atoms with Crippen LogP contribution in [0.2, 0.25) is 5.02 Å². The van der Waals surface area contributed by atoms with Crippen molar-refractivity contribution in [2.75, 3.05) is 18.0 Å². The fourth-order valence-corrected chi connectivity index (χ4v) is 5.25. The highest BCUT2D eigenvalue weighted by atomic mass is 35.5. The molecular weight excluding hydrogens is 498 g/mol. The fourth-order valence-electron chi connectivity index (χ4n) is 5.12. The highest BCUT2D eigenvalue weighted by molar-refractivity contribution is 6.30. The van der Waals surface area contributed by atoms with E-state index < -0.39 is 0 Å². The third-order valence-corrected chi connectivity index (χ3v) is 7.38. The average molecular weight is 530 g/mol. The van der Waals surface area contributed by atoms with Crippen molar-refractivity contribution in [2.24, 2.45) is 12.0 Å². The van der Waals surface area contributed by atoms with Gasteiger partial charge >= 0.3 is 5.69 Å². The third kappa shape index (κ3) is 5.69.